The fraction of sp³-hybridized carbons (Fsp3) is 0.476. The van der Waals surface area contributed by atoms with Crippen LogP contribution in [0.1, 0.15) is 53.0 Å². The van der Waals surface area contributed by atoms with Gasteiger partial charge < -0.3 is 5.11 Å². The summed E-state index contributed by atoms with van der Waals surface area (Å²) in [6, 6.07) is 7.90. The monoisotopic (exact) mass is 311 g/mol. The predicted molar refractivity (Wildman–Crippen MR) is 98.7 cm³/mol. The summed E-state index contributed by atoms with van der Waals surface area (Å²) < 4.78 is 0. The average Bonchev–Trinajstić information content (AvgIpc) is 2.43. The number of benzene rings is 1. The second-order valence-corrected chi connectivity index (χ2v) is 8.32. The third-order valence-electron chi connectivity index (χ3n) is 3.97. The first-order chi connectivity index (χ1) is 10.7. The summed E-state index contributed by atoms with van der Waals surface area (Å²) in [5.74, 6) is 0.324. The lowest BCUT2D eigenvalue weighted by Crippen LogP contribution is -2.18. The molecule has 23 heavy (non-hydrogen) atoms. The molecular formula is C21H29NO. The fourth-order valence-electron chi connectivity index (χ4n) is 3.44. The molecule has 0 spiro atoms. The number of phenolic OH excluding ortho intramolecular Hbond substituents is 1. The number of phenols is 1. The summed E-state index contributed by atoms with van der Waals surface area (Å²) in [6.07, 6.45) is 9.20. The van der Waals surface area contributed by atoms with Crippen molar-refractivity contribution < 1.29 is 5.11 Å². The van der Waals surface area contributed by atoms with E-state index in [1.165, 1.54) is 0 Å². The van der Waals surface area contributed by atoms with E-state index >= 15 is 0 Å². The first kappa shape index (κ1) is 17.5. The van der Waals surface area contributed by atoms with E-state index in [1.807, 2.05) is 24.3 Å². The molecule has 2 nitrogen and oxygen atoms in total. The number of aryl methyl sites for hydroxylation is 1. The SMILES string of the molecule is CC(C)(C)CC(C)(C)C=CCCc1ccc2cccnc2c1O. The molecule has 0 amide bonds. The second-order valence-electron chi connectivity index (χ2n) is 8.32. The highest BCUT2D eigenvalue weighted by Gasteiger charge is 2.22. The molecule has 0 aliphatic rings. The van der Waals surface area contributed by atoms with E-state index in [-0.39, 0.29) is 5.41 Å². The molecule has 0 aliphatic heterocycles. The Hall–Kier alpha value is -1.83. The Morgan fingerprint density at radius 1 is 1.09 bits per heavy atom. The van der Waals surface area contributed by atoms with Crippen molar-refractivity contribution in [2.24, 2.45) is 10.8 Å². The second kappa shape index (κ2) is 6.74. The van der Waals surface area contributed by atoms with Crippen LogP contribution in [0.2, 0.25) is 0 Å². The molecule has 2 heteroatoms. The van der Waals surface area contributed by atoms with Crippen molar-refractivity contribution >= 4 is 10.9 Å². The normalized spacial score (nSPS) is 13.1. The van der Waals surface area contributed by atoms with Crippen LogP contribution >= 0.6 is 0 Å². The van der Waals surface area contributed by atoms with E-state index in [9.17, 15) is 5.11 Å². The Labute approximate surface area is 140 Å². The van der Waals surface area contributed by atoms with Crippen molar-refractivity contribution in [2.45, 2.75) is 53.9 Å². The molecule has 0 aliphatic carbocycles. The zero-order valence-corrected chi connectivity index (χ0v) is 15.1. The molecule has 0 radical (unpaired) electrons. The van der Waals surface area contributed by atoms with Gasteiger partial charge in [-0.05, 0) is 41.7 Å². The summed E-state index contributed by atoms with van der Waals surface area (Å²) >= 11 is 0. The van der Waals surface area contributed by atoms with Gasteiger partial charge in [0.05, 0.1) is 0 Å². The van der Waals surface area contributed by atoms with Gasteiger partial charge in [0.25, 0.3) is 0 Å². The lowest BCUT2D eigenvalue weighted by atomic mass is 9.76. The number of hydrogen-bond donors (Lipinski definition) is 1. The highest BCUT2D eigenvalue weighted by atomic mass is 16.3. The van der Waals surface area contributed by atoms with Gasteiger partial charge in [-0.25, -0.2) is 0 Å². The molecule has 2 rings (SSSR count). The topological polar surface area (TPSA) is 33.1 Å². The minimum atomic E-state index is 0.200. The van der Waals surface area contributed by atoms with Crippen LogP contribution in [0.15, 0.2) is 42.6 Å². The van der Waals surface area contributed by atoms with Crippen LogP contribution in [0.4, 0.5) is 0 Å². The van der Waals surface area contributed by atoms with Gasteiger partial charge in [0.15, 0.2) is 0 Å². The molecule has 0 fully saturated rings. The van der Waals surface area contributed by atoms with Crippen LogP contribution in [-0.4, -0.2) is 10.1 Å². The van der Waals surface area contributed by atoms with Crippen LogP contribution < -0.4 is 0 Å². The number of fused-ring (bicyclic) bond motifs is 1. The number of allylic oxidation sites excluding steroid dienone is 2. The number of aromatic hydroxyl groups is 1. The van der Waals surface area contributed by atoms with Gasteiger partial charge in [-0.2, -0.15) is 0 Å². The summed E-state index contributed by atoms with van der Waals surface area (Å²) in [5, 5.41) is 11.4. The van der Waals surface area contributed by atoms with E-state index in [0.717, 1.165) is 30.2 Å². The molecule has 2 aromatic rings. The molecule has 1 aromatic heterocycles. The number of rotatable bonds is 5. The molecule has 1 N–H and O–H groups in total. The van der Waals surface area contributed by atoms with Crippen molar-refractivity contribution in [3.05, 3.63) is 48.2 Å². The van der Waals surface area contributed by atoms with E-state index in [4.69, 9.17) is 0 Å². The maximum Gasteiger partial charge on any atom is 0.144 e. The Kier molecular flexibility index (Phi) is 5.13. The van der Waals surface area contributed by atoms with Crippen LogP contribution in [0.5, 0.6) is 5.75 Å². The highest BCUT2D eigenvalue weighted by Crippen LogP contribution is 2.34. The molecular weight excluding hydrogens is 282 g/mol. The standard InChI is InChI=1S/C21H29NO/c1-20(2,3)15-21(4,5)13-7-6-9-17-12-11-16-10-8-14-22-18(16)19(17)23/h7-8,10-14,23H,6,9,15H2,1-5H3. The predicted octanol–water partition coefficient (Wildman–Crippen LogP) is 5.89. The number of aromatic nitrogens is 1. The summed E-state index contributed by atoms with van der Waals surface area (Å²) in [6.45, 7) is 11.4. The first-order valence-corrected chi connectivity index (χ1v) is 8.41. The Bertz CT molecular complexity index is 693. The van der Waals surface area contributed by atoms with Crippen molar-refractivity contribution in [1.29, 1.82) is 0 Å². The lowest BCUT2D eigenvalue weighted by molar-refractivity contribution is 0.262. The smallest absolute Gasteiger partial charge is 0.144 e. The third kappa shape index (κ3) is 5.09. The molecule has 0 bridgehead atoms. The van der Waals surface area contributed by atoms with E-state index in [0.29, 0.717) is 16.7 Å². The van der Waals surface area contributed by atoms with Gasteiger partial charge in [0.2, 0.25) is 0 Å². The number of pyridine rings is 1. The zero-order valence-electron chi connectivity index (χ0n) is 15.1. The van der Waals surface area contributed by atoms with Crippen molar-refractivity contribution in [2.75, 3.05) is 0 Å². The van der Waals surface area contributed by atoms with E-state index in [2.05, 4.69) is 51.8 Å². The van der Waals surface area contributed by atoms with E-state index < -0.39 is 0 Å². The maximum atomic E-state index is 10.4. The van der Waals surface area contributed by atoms with Gasteiger partial charge in [0, 0.05) is 11.6 Å². The van der Waals surface area contributed by atoms with Crippen LogP contribution in [0.25, 0.3) is 10.9 Å². The minimum absolute atomic E-state index is 0.200. The third-order valence-corrected chi connectivity index (χ3v) is 3.97. The molecule has 124 valence electrons. The van der Waals surface area contributed by atoms with Crippen molar-refractivity contribution in [1.82, 2.24) is 4.98 Å². The zero-order chi connectivity index (χ0) is 17.1. The summed E-state index contributed by atoms with van der Waals surface area (Å²) in [5.41, 5.74) is 2.19. The minimum Gasteiger partial charge on any atom is -0.505 e. The molecule has 1 aromatic carbocycles. The van der Waals surface area contributed by atoms with Crippen molar-refractivity contribution in [3.63, 3.8) is 0 Å². The largest absolute Gasteiger partial charge is 0.505 e. The van der Waals surface area contributed by atoms with Gasteiger partial charge >= 0.3 is 0 Å². The van der Waals surface area contributed by atoms with Gasteiger partial charge in [-0.15, -0.1) is 0 Å². The number of nitrogens with zero attached hydrogens (tertiary/aromatic N) is 1. The van der Waals surface area contributed by atoms with Crippen LogP contribution in [-0.2, 0) is 6.42 Å². The average molecular weight is 311 g/mol. The molecule has 0 atom stereocenters. The van der Waals surface area contributed by atoms with Crippen LogP contribution in [0.3, 0.4) is 0 Å². The Morgan fingerprint density at radius 2 is 1.83 bits per heavy atom. The van der Waals surface area contributed by atoms with Gasteiger partial charge in [0.1, 0.15) is 11.3 Å². The van der Waals surface area contributed by atoms with E-state index in [1.54, 1.807) is 6.20 Å². The quantitative estimate of drug-likeness (QED) is 0.698. The Balaban J connectivity index is 2.02. The molecule has 0 saturated carbocycles. The van der Waals surface area contributed by atoms with Gasteiger partial charge in [-0.1, -0.05) is 65.0 Å². The molecule has 0 saturated heterocycles. The van der Waals surface area contributed by atoms with Gasteiger partial charge in [-0.3, -0.25) is 4.98 Å². The maximum absolute atomic E-state index is 10.4. The number of hydrogen-bond acceptors (Lipinski definition) is 2. The molecule has 1 heterocycles. The lowest BCUT2D eigenvalue weighted by Gasteiger charge is -2.29. The highest BCUT2D eigenvalue weighted by molar-refractivity contribution is 5.85. The Morgan fingerprint density at radius 3 is 2.52 bits per heavy atom. The molecule has 0 unspecified atom stereocenters. The first-order valence-electron chi connectivity index (χ1n) is 8.41. The fourth-order valence-corrected chi connectivity index (χ4v) is 3.44. The van der Waals surface area contributed by atoms with Crippen LogP contribution in [0, 0.1) is 10.8 Å². The van der Waals surface area contributed by atoms with Crippen molar-refractivity contribution in [3.8, 4) is 5.75 Å². The summed E-state index contributed by atoms with van der Waals surface area (Å²) in [4.78, 5) is 4.28. The summed E-state index contributed by atoms with van der Waals surface area (Å²) in [7, 11) is 0.